The molecule has 1 fully saturated rings. The summed E-state index contributed by atoms with van der Waals surface area (Å²) in [7, 11) is 1.52. The molecule has 0 spiro atoms. The maximum Gasteiger partial charge on any atom is 0.294 e. The Labute approximate surface area is 196 Å². The minimum absolute atomic E-state index is 0.186. The smallest absolute Gasteiger partial charge is 0.294 e. The van der Waals surface area contributed by atoms with Gasteiger partial charge in [0.2, 0.25) is 5.91 Å². The molecule has 1 aliphatic heterocycles. The number of imide groups is 1. The standard InChI is InChI=1S/C21H18FIN2O5S/c1-3-30-19-15(23)7-12(8-16(19)29-2)9-17-20(27)25(21(28)31-17)11-18(26)24-14-6-4-5-13(22)10-14/h4-10H,3,11H2,1-2H3,(H,24,26)/b17-9-. The van der Waals surface area contributed by atoms with Crippen molar-refractivity contribution in [3.63, 3.8) is 0 Å². The maximum atomic E-state index is 13.3. The summed E-state index contributed by atoms with van der Waals surface area (Å²) in [5.74, 6) is -0.579. The molecule has 1 saturated heterocycles. The molecule has 2 aromatic rings. The van der Waals surface area contributed by atoms with Gasteiger partial charge in [0.05, 0.1) is 22.2 Å². The third-order valence-electron chi connectivity index (χ3n) is 4.12. The Morgan fingerprint density at radius 2 is 2.06 bits per heavy atom. The van der Waals surface area contributed by atoms with E-state index in [0.29, 0.717) is 23.7 Å². The number of benzene rings is 2. The van der Waals surface area contributed by atoms with Crippen LogP contribution in [0.25, 0.3) is 6.08 Å². The van der Waals surface area contributed by atoms with Crippen molar-refractivity contribution in [1.29, 1.82) is 0 Å². The van der Waals surface area contributed by atoms with Gasteiger partial charge in [-0.25, -0.2) is 4.39 Å². The van der Waals surface area contributed by atoms with Crippen LogP contribution < -0.4 is 14.8 Å². The Morgan fingerprint density at radius 3 is 2.74 bits per heavy atom. The molecule has 2 aromatic carbocycles. The molecule has 0 saturated carbocycles. The molecule has 1 N–H and O–H groups in total. The number of hydrogen-bond acceptors (Lipinski definition) is 6. The maximum absolute atomic E-state index is 13.3. The van der Waals surface area contributed by atoms with E-state index in [0.717, 1.165) is 26.3 Å². The van der Waals surface area contributed by atoms with Crippen molar-refractivity contribution in [2.45, 2.75) is 6.92 Å². The number of thioether (sulfide) groups is 1. The highest BCUT2D eigenvalue weighted by Crippen LogP contribution is 2.37. The monoisotopic (exact) mass is 556 g/mol. The van der Waals surface area contributed by atoms with Crippen molar-refractivity contribution < 1.29 is 28.2 Å². The topological polar surface area (TPSA) is 84.9 Å². The fourth-order valence-electron chi connectivity index (χ4n) is 2.81. The van der Waals surface area contributed by atoms with Gasteiger partial charge in [-0.3, -0.25) is 19.3 Å². The van der Waals surface area contributed by atoms with Gasteiger partial charge in [-0.1, -0.05) is 6.07 Å². The number of amides is 3. The van der Waals surface area contributed by atoms with Crippen LogP contribution in [0.5, 0.6) is 11.5 Å². The lowest BCUT2D eigenvalue weighted by Crippen LogP contribution is -2.36. The Kier molecular flexibility index (Phi) is 7.55. The van der Waals surface area contributed by atoms with Crippen molar-refractivity contribution in [2.24, 2.45) is 0 Å². The second-order valence-electron chi connectivity index (χ2n) is 6.29. The molecular formula is C21H18FIN2O5S. The average Bonchev–Trinajstić information content (AvgIpc) is 2.97. The van der Waals surface area contributed by atoms with Crippen LogP contribution in [-0.2, 0) is 9.59 Å². The summed E-state index contributed by atoms with van der Waals surface area (Å²) in [6.45, 7) is 1.87. The van der Waals surface area contributed by atoms with E-state index in [9.17, 15) is 18.8 Å². The number of nitrogens with one attached hydrogen (secondary N) is 1. The summed E-state index contributed by atoms with van der Waals surface area (Å²) in [5, 5.41) is 1.91. The van der Waals surface area contributed by atoms with Crippen molar-refractivity contribution in [3.8, 4) is 11.5 Å². The van der Waals surface area contributed by atoms with E-state index in [1.165, 1.54) is 25.3 Å². The van der Waals surface area contributed by atoms with Crippen LogP contribution >= 0.6 is 34.4 Å². The van der Waals surface area contributed by atoms with Crippen molar-refractivity contribution in [3.05, 3.63) is 56.3 Å². The summed E-state index contributed by atoms with van der Waals surface area (Å²) in [6.07, 6.45) is 1.57. The highest BCUT2D eigenvalue weighted by molar-refractivity contribution is 14.1. The minimum Gasteiger partial charge on any atom is -0.493 e. The molecule has 1 heterocycles. The van der Waals surface area contributed by atoms with E-state index in [-0.39, 0.29) is 10.6 Å². The van der Waals surface area contributed by atoms with Gasteiger partial charge in [0.15, 0.2) is 11.5 Å². The first-order valence-corrected chi connectivity index (χ1v) is 11.0. The first-order chi connectivity index (χ1) is 14.8. The van der Waals surface area contributed by atoms with Crippen molar-refractivity contribution in [2.75, 3.05) is 25.6 Å². The lowest BCUT2D eigenvalue weighted by atomic mass is 10.2. The zero-order chi connectivity index (χ0) is 22.5. The summed E-state index contributed by atoms with van der Waals surface area (Å²) < 4.78 is 25.0. The molecule has 0 aliphatic carbocycles. The molecule has 1 aliphatic rings. The Morgan fingerprint density at radius 1 is 1.29 bits per heavy atom. The number of hydrogen-bond donors (Lipinski definition) is 1. The molecule has 0 bridgehead atoms. The summed E-state index contributed by atoms with van der Waals surface area (Å²) >= 11 is 2.85. The first-order valence-electron chi connectivity index (χ1n) is 9.13. The lowest BCUT2D eigenvalue weighted by molar-refractivity contribution is -0.127. The third kappa shape index (κ3) is 5.56. The van der Waals surface area contributed by atoms with Gasteiger partial charge >= 0.3 is 0 Å². The number of methoxy groups -OCH3 is 1. The number of nitrogens with zero attached hydrogens (tertiary/aromatic N) is 1. The molecule has 0 radical (unpaired) electrons. The fourth-order valence-corrected chi connectivity index (χ4v) is 4.42. The van der Waals surface area contributed by atoms with Crippen LogP contribution in [0.1, 0.15) is 12.5 Å². The second kappa shape index (κ2) is 10.1. The molecule has 7 nitrogen and oxygen atoms in total. The Bertz CT molecular complexity index is 1080. The van der Waals surface area contributed by atoms with Crippen LogP contribution in [0.3, 0.4) is 0 Å². The van der Waals surface area contributed by atoms with Gasteiger partial charge in [0, 0.05) is 5.69 Å². The van der Waals surface area contributed by atoms with Gasteiger partial charge in [0.1, 0.15) is 12.4 Å². The number of carbonyl (C=O) groups is 3. The molecule has 0 aromatic heterocycles. The average molecular weight is 556 g/mol. The lowest BCUT2D eigenvalue weighted by Gasteiger charge is -2.13. The summed E-state index contributed by atoms with van der Waals surface area (Å²) in [5.41, 5.74) is 0.892. The Hall–Kier alpha value is -2.60. The second-order valence-corrected chi connectivity index (χ2v) is 8.45. The Balaban J connectivity index is 1.76. The molecule has 0 unspecified atom stereocenters. The SMILES string of the molecule is CCOc1c(I)cc(/C=C2\SC(=O)N(CC(=O)Nc3cccc(F)c3)C2=O)cc1OC. The van der Waals surface area contributed by atoms with Crippen LogP contribution in [0, 0.1) is 9.39 Å². The quantitative estimate of drug-likeness (QED) is 0.399. The molecule has 3 rings (SSSR count). The fraction of sp³-hybridized carbons (Fsp3) is 0.190. The van der Waals surface area contributed by atoms with Crippen LogP contribution in [-0.4, -0.2) is 42.2 Å². The van der Waals surface area contributed by atoms with E-state index in [1.807, 2.05) is 6.92 Å². The molecule has 31 heavy (non-hydrogen) atoms. The number of rotatable bonds is 7. The van der Waals surface area contributed by atoms with Gasteiger partial charge in [-0.05, 0) is 83.2 Å². The van der Waals surface area contributed by atoms with Gasteiger partial charge in [-0.15, -0.1) is 0 Å². The van der Waals surface area contributed by atoms with Gasteiger partial charge in [-0.2, -0.15) is 0 Å². The first kappa shape index (κ1) is 23.1. The molecule has 0 atom stereocenters. The van der Waals surface area contributed by atoms with Crippen LogP contribution in [0.15, 0.2) is 41.3 Å². The molecule has 10 heteroatoms. The number of carbonyl (C=O) groups excluding carboxylic acids is 3. The van der Waals surface area contributed by atoms with E-state index in [4.69, 9.17) is 9.47 Å². The largest absolute Gasteiger partial charge is 0.493 e. The van der Waals surface area contributed by atoms with E-state index in [1.54, 1.807) is 18.2 Å². The van der Waals surface area contributed by atoms with Gasteiger partial charge < -0.3 is 14.8 Å². The summed E-state index contributed by atoms with van der Waals surface area (Å²) in [6, 6.07) is 8.85. The van der Waals surface area contributed by atoms with Crippen LogP contribution in [0.4, 0.5) is 14.9 Å². The number of ether oxygens (including phenoxy) is 2. The number of anilines is 1. The van der Waals surface area contributed by atoms with Gasteiger partial charge in [0.25, 0.3) is 11.1 Å². The van der Waals surface area contributed by atoms with Crippen molar-refractivity contribution >= 4 is 63.2 Å². The molecular weight excluding hydrogens is 538 g/mol. The zero-order valence-electron chi connectivity index (χ0n) is 16.6. The highest BCUT2D eigenvalue weighted by atomic mass is 127. The predicted octanol–water partition coefficient (Wildman–Crippen LogP) is 4.51. The normalized spacial score (nSPS) is 14.8. The minimum atomic E-state index is -0.605. The summed E-state index contributed by atoms with van der Waals surface area (Å²) in [4.78, 5) is 38.2. The van der Waals surface area contributed by atoms with E-state index < -0.39 is 29.4 Å². The number of halogens is 2. The zero-order valence-corrected chi connectivity index (χ0v) is 19.6. The van der Waals surface area contributed by atoms with Crippen molar-refractivity contribution in [1.82, 2.24) is 4.90 Å². The van der Waals surface area contributed by atoms with E-state index in [2.05, 4.69) is 27.9 Å². The third-order valence-corrected chi connectivity index (χ3v) is 5.83. The predicted molar refractivity (Wildman–Crippen MR) is 125 cm³/mol. The van der Waals surface area contributed by atoms with Crippen LogP contribution in [0.2, 0.25) is 0 Å². The molecule has 162 valence electrons. The molecule has 3 amide bonds. The highest BCUT2D eigenvalue weighted by Gasteiger charge is 2.36. The van der Waals surface area contributed by atoms with E-state index >= 15 is 0 Å².